The molecule has 6 heteroatoms. The van der Waals surface area contributed by atoms with Crippen molar-refractivity contribution >= 4 is 46.0 Å². The molecule has 0 aliphatic rings. The fraction of sp³-hybridized carbons (Fsp3) is 0.231. The Bertz CT molecular complexity index is 1200. The van der Waals surface area contributed by atoms with E-state index in [1.54, 1.807) is 42.5 Å². The smallest absolute Gasteiger partial charge is 0.338 e. The molecule has 0 spiro atoms. The predicted octanol–water partition coefficient (Wildman–Crippen LogP) is 7.99. The van der Waals surface area contributed by atoms with Gasteiger partial charge in [0.2, 0.25) is 5.12 Å². The van der Waals surface area contributed by atoms with Crippen LogP contribution in [0.3, 0.4) is 0 Å². The van der Waals surface area contributed by atoms with Crippen molar-refractivity contribution in [1.82, 2.24) is 0 Å². The van der Waals surface area contributed by atoms with E-state index in [1.807, 2.05) is 13.0 Å². The third-order valence-electron chi connectivity index (χ3n) is 5.10. The van der Waals surface area contributed by atoms with Crippen molar-refractivity contribution in [3.63, 3.8) is 0 Å². The van der Waals surface area contributed by atoms with Crippen molar-refractivity contribution in [3.8, 4) is 11.1 Å². The van der Waals surface area contributed by atoms with Gasteiger partial charge in [0.1, 0.15) is 0 Å². The van der Waals surface area contributed by atoms with Crippen LogP contribution in [-0.2, 0) is 10.2 Å². The minimum Gasteiger partial charge on any atom is -0.465 e. The average Bonchev–Trinajstić information content (AvgIpc) is 2.72. The van der Waals surface area contributed by atoms with Gasteiger partial charge in [0.25, 0.3) is 0 Å². The highest BCUT2D eigenvalue weighted by molar-refractivity contribution is 8.14. The van der Waals surface area contributed by atoms with Gasteiger partial charge in [-0.15, -0.1) is 0 Å². The van der Waals surface area contributed by atoms with Crippen LogP contribution in [0.1, 0.15) is 52.6 Å². The van der Waals surface area contributed by atoms with Crippen LogP contribution >= 0.6 is 35.0 Å². The second-order valence-corrected chi connectivity index (χ2v) is 10.3. The van der Waals surface area contributed by atoms with Crippen LogP contribution in [0, 0.1) is 6.92 Å². The molecule has 0 atom stereocenters. The number of ether oxygens (including phenoxy) is 1. The van der Waals surface area contributed by atoms with Gasteiger partial charge in [0.15, 0.2) is 0 Å². The summed E-state index contributed by atoms with van der Waals surface area (Å²) < 4.78 is 4.99. The van der Waals surface area contributed by atoms with E-state index < -0.39 is 5.97 Å². The highest BCUT2D eigenvalue weighted by Crippen LogP contribution is 2.43. The molecule has 0 aliphatic heterocycles. The fourth-order valence-electron chi connectivity index (χ4n) is 3.42. The first-order valence-electron chi connectivity index (χ1n) is 10.0. The molecule has 0 saturated carbocycles. The molecule has 166 valence electrons. The van der Waals surface area contributed by atoms with Gasteiger partial charge in [-0.1, -0.05) is 68.2 Å². The van der Waals surface area contributed by atoms with Gasteiger partial charge in [-0.25, -0.2) is 4.79 Å². The van der Waals surface area contributed by atoms with Crippen molar-refractivity contribution < 1.29 is 14.3 Å². The number of halogens is 2. The molecular formula is C26H24Cl2O3S. The van der Waals surface area contributed by atoms with E-state index in [1.165, 1.54) is 7.11 Å². The number of esters is 1. The zero-order valence-corrected chi connectivity index (χ0v) is 20.9. The summed E-state index contributed by atoms with van der Waals surface area (Å²) in [6.07, 6.45) is 0. The molecule has 3 aromatic rings. The van der Waals surface area contributed by atoms with E-state index in [2.05, 4.69) is 26.8 Å². The molecule has 0 heterocycles. The third kappa shape index (κ3) is 5.20. The van der Waals surface area contributed by atoms with Crippen LogP contribution in [0.2, 0.25) is 10.0 Å². The summed E-state index contributed by atoms with van der Waals surface area (Å²) in [5.41, 5.74) is 4.00. The molecule has 0 unspecified atom stereocenters. The second kappa shape index (κ2) is 9.70. The maximum absolute atomic E-state index is 13.2. The summed E-state index contributed by atoms with van der Waals surface area (Å²) in [5.74, 6) is -0.487. The van der Waals surface area contributed by atoms with E-state index in [0.29, 0.717) is 26.7 Å². The summed E-state index contributed by atoms with van der Waals surface area (Å²) in [6.45, 7) is 8.31. The van der Waals surface area contributed by atoms with Crippen LogP contribution < -0.4 is 0 Å². The Morgan fingerprint density at radius 3 is 2.25 bits per heavy atom. The number of rotatable bonds is 4. The number of carbonyl (C=O) groups is 2. The van der Waals surface area contributed by atoms with Crippen molar-refractivity contribution in [3.05, 3.63) is 86.9 Å². The molecular weight excluding hydrogens is 463 g/mol. The minimum absolute atomic E-state index is 0.136. The van der Waals surface area contributed by atoms with Crippen molar-refractivity contribution in [2.45, 2.75) is 38.0 Å². The molecule has 3 aromatic carbocycles. The number of methoxy groups -OCH3 is 1. The SMILES string of the molecule is COC(=O)c1cccc(Cl)c1-c1c(C)cc(C(C)(C)C)cc1SC(=O)c1cccc(Cl)c1. The topological polar surface area (TPSA) is 43.4 Å². The minimum atomic E-state index is -0.487. The molecule has 0 bridgehead atoms. The molecule has 0 aliphatic carbocycles. The van der Waals surface area contributed by atoms with Crippen LogP contribution in [0.5, 0.6) is 0 Å². The quantitative estimate of drug-likeness (QED) is 0.276. The lowest BCUT2D eigenvalue weighted by Gasteiger charge is -2.24. The number of aryl methyl sites for hydroxylation is 1. The molecule has 0 N–H and O–H groups in total. The Labute approximate surface area is 203 Å². The first kappa shape index (κ1) is 24.4. The number of hydrogen-bond acceptors (Lipinski definition) is 4. The summed E-state index contributed by atoms with van der Waals surface area (Å²) in [4.78, 5) is 26.4. The predicted molar refractivity (Wildman–Crippen MR) is 133 cm³/mol. The Morgan fingerprint density at radius 2 is 1.62 bits per heavy atom. The normalized spacial score (nSPS) is 11.3. The molecule has 3 nitrogen and oxygen atoms in total. The zero-order chi connectivity index (χ0) is 23.6. The van der Waals surface area contributed by atoms with Gasteiger partial charge >= 0.3 is 5.97 Å². The largest absolute Gasteiger partial charge is 0.465 e. The van der Waals surface area contributed by atoms with Crippen LogP contribution in [-0.4, -0.2) is 18.2 Å². The standard InChI is InChI=1S/C26H24Cl2O3S/c1-15-12-17(26(2,3)4)14-21(32-25(30)16-8-6-9-18(27)13-16)22(15)23-19(24(29)31-5)10-7-11-20(23)28/h6-14H,1-5H3. The van der Waals surface area contributed by atoms with Gasteiger partial charge in [-0.3, -0.25) is 4.79 Å². The fourth-order valence-corrected chi connectivity index (χ4v) is 4.88. The molecule has 0 fully saturated rings. The first-order chi connectivity index (χ1) is 15.0. The summed E-state index contributed by atoms with van der Waals surface area (Å²) in [6, 6.07) is 16.0. The van der Waals surface area contributed by atoms with Gasteiger partial charge in [-0.05, 0) is 65.6 Å². The van der Waals surface area contributed by atoms with Crippen molar-refractivity contribution in [1.29, 1.82) is 0 Å². The molecule has 0 amide bonds. The van der Waals surface area contributed by atoms with E-state index in [9.17, 15) is 9.59 Å². The average molecular weight is 487 g/mol. The number of benzene rings is 3. The van der Waals surface area contributed by atoms with Gasteiger partial charge in [-0.2, -0.15) is 0 Å². The second-order valence-electron chi connectivity index (χ2n) is 8.47. The monoisotopic (exact) mass is 486 g/mol. The first-order valence-corrected chi connectivity index (χ1v) is 11.6. The van der Waals surface area contributed by atoms with E-state index >= 15 is 0 Å². The van der Waals surface area contributed by atoms with Crippen molar-refractivity contribution in [2.75, 3.05) is 7.11 Å². The Balaban J connectivity index is 2.26. The van der Waals surface area contributed by atoms with E-state index in [0.717, 1.165) is 33.3 Å². The lowest BCUT2D eigenvalue weighted by molar-refractivity contribution is 0.0601. The maximum atomic E-state index is 13.2. The Hall–Kier alpha value is -2.27. The van der Waals surface area contributed by atoms with Gasteiger partial charge < -0.3 is 4.74 Å². The van der Waals surface area contributed by atoms with Gasteiger partial charge in [0, 0.05) is 31.6 Å². The Morgan fingerprint density at radius 1 is 0.938 bits per heavy atom. The molecule has 0 saturated heterocycles. The molecule has 0 radical (unpaired) electrons. The summed E-state index contributed by atoms with van der Waals surface area (Å²) >= 11 is 13.8. The lowest BCUT2D eigenvalue weighted by atomic mass is 9.84. The lowest BCUT2D eigenvalue weighted by Crippen LogP contribution is -2.13. The summed E-state index contributed by atoms with van der Waals surface area (Å²) in [5, 5.41) is 0.762. The maximum Gasteiger partial charge on any atom is 0.338 e. The molecule has 32 heavy (non-hydrogen) atoms. The van der Waals surface area contributed by atoms with Crippen molar-refractivity contribution in [2.24, 2.45) is 0 Å². The van der Waals surface area contributed by atoms with Crippen LogP contribution in [0.4, 0.5) is 0 Å². The van der Waals surface area contributed by atoms with Crippen LogP contribution in [0.15, 0.2) is 59.5 Å². The number of thioether (sulfide) groups is 1. The third-order valence-corrected chi connectivity index (χ3v) is 6.61. The van der Waals surface area contributed by atoms with E-state index in [-0.39, 0.29) is 10.5 Å². The highest BCUT2D eigenvalue weighted by atomic mass is 35.5. The van der Waals surface area contributed by atoms with Crippen LogP contribution in [0.25, 0.3) is 11.1 Å². The zero-order valence-electron chi connectivity index (χ0n) is 18.6. The number of carbonyl (C=O) groups excluding carboxylic acids is 2. The molecule has 3 rings (SSSR count). The van der Waals surface area contributed by atoms with E-state index in [4.69, 9.17) is 27.9 Å². The Kier molecular flexibility index (Phi) is 7.39. The summed E-state index contributed by atoms with van der Waals surface area (Å²) in [7, 11) is 1.33. The number of hydrogen-bond donors (Lipinski definition) is 0. The van der Waals surface area contributed by atoms with Gasteiger partial charge in [0.05, 0.1) is 12.7 Å². The molecule has 0 aromatic heterocycles. The highest BCUT2D eigenvalue weighted by Gasteiger charge is 2.25.